The second-order valence-electron chi connectivity index (χ2n) is 9.23. The monoisotopic (exact) mass is 465 g/mol. The van der Waals surface area contributed by atoms with Crippen LogP contribution in [0.2, 0.25) is 0 Å². The van der Waals surface area contributed by atoms with Gasteiger partial charge >= 0.3 is 0 Å². The van der Waals surface area contributed by atoms with Gasteiger partial charge in [-0.2, -0.15) is 0 Å². The highest BCUT2D eigenvalue weighted by molar-refractivity contribution is 7.78. The van der Waals surface area contributed by atoms with E-state index in [2.05, 4.69) is 17.4 Å². The number of hydrogen-bond donors (Lipinski definition) is 1. The number of fused-ring (bicyclic) bond motifs is 1. The molecule has 0 bridgehead atoms. The van der Waals surface area contributed by atoms with Gasteiger partial charge in [0.1, 0.15) is 7.14 Å². The van der Waals surface area contributed by atoms with Crippen LogP contribution in [0, 0.1) is 0 Å². The molecular formula is C30H28NO2P. The van der Waals surface area contributed by atoms with Crippen LogP contribution < -0.4 is 15.9 Å². The van der Waals surface area contributed by atoms with Gasteiger partial charge in [-0.1, -0.05) is 103 Å². The summed E-state index contributed by atoms with van der Waals surface area (Å²) in [6, 6.07) is 37.3. The highest BCUT2D eigenvalue weighted by atomic mass is 31.2. The van der Waals surface area contributed by atoms with E-state index in [0.29, 0.717) is 12.6 Å². The molecule has 4 aromatic rings. The van der Waals surface area contributed by atoms with E-state index in [1.165, 1.54) is 0 Å². The second kappa shape index (κ2) is 9.08. The average molecular weight is 466 g/mol. The van der Waals surface area contributed by atoms with Crippen molar-refractivity contribution < 1.29 is 9.36 Å². The van der Waals surface area contributed by atoms with Crippen molar-refractivity contribution in [3.8, 4) is 0 Å². The van der Waals surface area contributed by atoms with E-state index in [1.807, 2.05) is 110 Å². The number of carbonyl (C=O) groups excluding carboxylic acids is 1. The van der Waals surface area contributed by atoms with E-state index in [-0.39, 0.29) is 11.8 Å². The zero-order valence-electron chi connectivity index (χ0n) is 19.2. The van der Waals surface area contributed by atoms with Gasteiger partial charge < -0.3 is 9.88 Å². The van der Waals surface area contributed by atoms with Crippen LogP contribution in [0.3, 0.4) is 0 Å². The predicted octanol–water partition coefficient (Wildman–Crippen LogP) is 6.08. The average Bonchev–Trinajstić information content (AvgIpc) is 3.18. The summed E-state index contributed by atoms with van der Waals surface area (Å²) in [5.74, 6) is -0.0168. The number of benzene rings is 4. The summed E-state index contributed by atoms with van der Waals surface area (Å²) in [5, 5.41) is 4.83. The van der Waals surface area contributed by atoms with Crippen LogP contribution in [0.5, 0.6) is 0 Å². The van der Waals surface area contributed by atoms with Crippen molar-refractivity contribution in [1.82, 2.24) is 0 Å². The first-order valence-corrected chi connectivity index (χ1v) is 13.6. The lowest BCUT2D eigenvalue weighted by molar-refractivity contribution is -0.121. The molecule has 0 saturated carbocycles. The Morgan fingerprint density at radius 3 is 1.88 bits per heavy atom. The van der Waals surface area contributed by atoms with Crippen LogP contribution in [0.25, 0.3) is 0 Å². The fourth-order valence-corrected chi connectivity index (χ4v) is 8.22. The van der Waals surface area contributed by atoms with Gasteiger partial charge in [0.2, 0.25) is 5.91 Å². The van der Waals surface area contributed by atoms with Crippen LogP contribution >= 0.6 is 7.14 Å². The number of amides is 1. The molecule has 2 unspecified atom stereocenters. The maximum absolute atomic E-state index is 14.8. The van der Waals surface area contributed by atoms with E-state index in [9.17, 15) is 9.36 Å². The van der Waals surface area contributed by atoms with E-state index < -0.39 is 12.6 Å². The van der Waals surface area contributed by atoms with E-state index in [0.717, 1.165) is 27.4 Å². The van der Waals surface area contributed by atoms with Crippen molar-refractivity contribution in [3.05, 3.63) is 126 Å². The summed E-state index contributed by atoms with van der Waals surface area (Å²) in [7, 11) is -2.91. The Kier molecular flexibility index (Phi) is 5.98. The third-order valence-electron chi connectivity index (χ3n) is 7.01. The molecule has 0 spiro atoms. The lowest BCUT2D eigenvalue weighted by Gasteiger charge is -2.26. The second-order valence-corrected chi connectivity index (χ2v) is 12.1. The zero-order valence-corrected chi connectivity index (χ0v) is 20.1. The number of rotatable bonds is 6. The van der Waals surface area contributed by atoms with E-state index in [1.54, 1.807) is 0 Å². The van der Waals surface area contributed by atoms with Crippen LogP contribution in [-0.4, -0.2) is 12.1 Å². The lowest BCUT2D eigenvalue weighted by Crippen LogP contribution is -2.36. The van der Waals surface area contributed by atoms with Gasteiger partial charge in [0, 0.05) is 22.5 Å². The SMILES string of the molecule is CC1(C(=O)Nc2ccccc2)CC(CP(=O)(c2ccccc2)c2ccccc2)c2ccccc21. The van der Waals surface area contributed by atoms with Gasteiger partial charge in [-0.25, -0.2) is 0 Å². The first kappa shape index (κ1) is 22.4. The minimum Gasteiger partial charge on any atom is -0.325 e. The van der Waals surface area contributed by atoms with Crippen LogP contribution in [0.4, 0.5) is 5.69 Å². The molecule has 1 aliphatic carbocycles. The predicted molar refractivity (Wildman–Crippen MR) is 141 cm³/mol. The van der Waals surface area contributed by atoms with Gasteiger partial charge in [-0.15, -0.1) is 0 Å². The quantitative estimate of drug-likeness (QED) is 0.351. The number of para-hydroxylation sites is 1. The first-order valence-electron chi connectivity index (χ1n) is 11.7. The summed E-state index contributed by atoms with van der Waals surface area (Å²) in [4.78, 5) is 13.6. The topological polar surface area (TPSA) is 46.2 Å². The standard InChI is InChI=1S/C30H28NO2P/c1-30(29(32)31-24-13-5-2-6-14-24)21-23(27-19-11-12-20-28(27)30)22-34(33,25-15-7-3-8-16-25)26-17-9-4-10-18-26/h2-20,23H,21-22H2,1H3,(H,31,32). The first-order chi connectivity index (χ1) is 16.5. The van der Waals surface area contributed by atoms with Crippen molar-refractivity contribution in [2.45, 2.75) is 24.7 Å². The minimum absolute atomic E-state index is 0.00830. The highest BCUT2D eigenvalue weighted by Crippen LogP contribution is 2.54. The Hall–Kier alpha value is -3.42. The number of anilines is 1. The molecule has 0 saturated heterocycles. The van der Waals surface area contributed by atoms with Crippen molar-refractivity contribution in [1.29, 1.82) is 0 Å². The molecule has 170 valence electrons. The third-order valence-corrected chi connectivity index (χ3v) is 10.2. The molecule has 0 fully saturated rings. The maximum Gasteiger partial charge on any atom is 0.234 e. The summed E-state index contributed by atoms with van der Waals surface area (Å²) >= 11 is 0. The van der Waals surface area contributed by atoms with Gasteiger partial charge in [0.15, 0.2) is 0 Å². The fourth-order valence-electron chi connectivity index (χ4n) is 5.24. The zero-order chi connectivity index (χ0) is 23.6. The molecule has 1 N–H and O–H groups in total. The van der Waals surface area contributed by atoms with Gasteiger partial charge in [-0.05, 0) is 42.5 Å². The molecule has 0 heterocycles. The van der Waals surface area contributed by atoms with Crippen molar-refractivity contribution >= 4 is 29.3 Å². The molecule has 0 radical (unpaired) electrons. The van der Waals surface area contributed by atoms with Crippen LogP contribution in [0.15, 0.2) is 115 Å². The van der Waals surface area contributed by atoms with Crippen molar-refractivity contribution in [2.75, 3.05) is 11.5 Å². The molecular weight excluding hydrogens is 437 g/mol. The normalized spacial score (nSPS) is 19.4. The number of nitrogens with one attached hydrogen (secondary N) is 1. The van der Waals surface area contributed by atoms with Crippen molar-refractivity contribution in [3.63, 3.8) is 0 Å². The highest BCUT2D eigenvalue weighted by Gasteiger charge is 2.47. The van der Waals surface area contributed by atoms with Gasteiger partial charge in [0.25, 0.3) is 0 Å². The molecule has 5 rings (SSSR count). The Bertz CT molecular complexity index is 1290. The van der Waals surface area contributed by atoms with Gasteiger partial charge in [-0.3, -0.25) is 4.79 Å². The van der Waals surface area contributed by atoms with E-state index >= 15 is 0 Å². The summed E-state index contributed by atoms with van der Waals surface area (Å²) in [6.45, 7) is 2.01. The molecule has 2 atom stereocenters. The maximum atomic E-state index is 14.8. The van der Waals surface area contributed by atoms with Crippen molar-refractivity contribution in [2.24, 2.45) is 0 Å². The molecule has 1 aliphatic rings. The molecule has 34 heavy (non-hydrogen) atoms. The molecule has 4 aromatic carbocycles. The van der Waals surface area contributed by atoms with Crippen LogP contribution in [-0.2, 0) is 14.8 Å². The molecule has 3 nitrogen and oxygen atoms in total. The molecule has 1 amide bonds. The smallest absolute Gasteiger partial charge is 0.234 e. The number of hydrogen-bond acceptors (Lipinski definition) is 2. The Labute approximate surface area is 201 Å². The summed E-state index contributed by atoms with van der Waals surface area (Å²) in [5.41, 5.74) is 2.24. The van der Waals surface area contributed by atoms with Gasteiger partial charge in [0.05, 0.1) is 5.41 Å². The third kappa shape index (κ3) is 4.02. The molecule has 4 heteroatoms. The Morgan fingerprint density at radius 2 is 1.29 bits per heavy atom. The minimum atomic E-state index is -2.91. The molecule has 0 aromatic heterocycles. The number of carbonyl (C=O) groups is 1. The largest absolute Gasteiger partial charge is 0.325 e. The van der Waals surface area contributed by atoms with Crippen LogP contribution in [0.1, 0.15) is 30.4 Å². The summed E-state index contributed by atoms with van der Waals surface area (Å²) < 4.78 is 14.8. The van der Waals surface area contributed by atoms with E-state index in [4.69, 9.17) is 0 Å². The lowest BCUT2D eigenvalue weighted by atomic mass is 9.82. The Balaban J connectivity index is 1.53. The Morgan fingerprint density at radius 1 is 0.794 bits per heavy atom. The summed E-state index contributed by atoms with van der Waals surface area (Å²) in [6.07, 6.45) is 1.11. The fraction of sp³-hybridized carbons (Fsp3) is 0.167. The molecule has 0 aliphatic heterocycles.